The van der Waals surface area contributed by atoms with Crippen molar-refractivity contribution in [3.63, 3.8) is 0 Å². The quantitative estimate of drug-likeness (QED) is 0.555. The van der Waals surface area contributed by atoms with E-state index in [9.17, 15) is 0 Å². The molecule has 3 aromatic rings. The summed E-state index contributed by atoms with van der Waals surface area (Å²) in [6, 6.07) is 7.49. The topological polar surface area (TPSA) is 91.7 Å². The summed E-state index contributed by atoms with van der Waals surface area (Å²) in [6.07, 6.45) is 0. The van der Waals surface area contributed by atoms with Crippen molar-refractivity contribution in [2.24, 2.45) is 0 Å². The highest BCUT2D eigenvalue weighted by Crippen LogP contribution is 2.31. The second-order valence-corrected chi connectivity index (χ2v) is 6.46. The van der Waals surface area contributed by atoms with Crippen molar-refractivity contribution in [3.05, 3.63) is 34.3 Å². The third-order valence-electron chi connectivity index (χ3n) is 2.86. The van der Waals surface area contributed by atoms with Gasteiger partial charge in [-0.15, -0.1) is 15.3 Å². The van der Waals surface area contributed by atoms with Gasteiger partial charge in [0.2, 0.25) is 5.16 Å². The van der Waals surface area contributed by atoms with E-state index in [1.165, 1.54) is 16.4 Å². The molecule has 0 amide bonds. The largest absolute Gasteiger partial charge is 0.496 e. The van der Waals surface area contributed by atoms with E-state index in [2.05, 4.69) is 19.8 Å². The molecule has 0 aliphatic carbocycles. The van der Waals surface area contributed by atoms with Crippen LogP contribution in [0, 0.1) is 0 Å². The van der Waals surface area contributed by atoms with E-state index in [0.717, 1.165) is 17.1 Å². The van der Waals surface area contributed by atoms with Gasteiger partial charge in [0.1, 0.15) is 15.8 Å². The van der Waals surface area contributed by atoms with E-state index in [4.69, 9.17) is 22.2 Å². The summed E-state index contributed by atoms with van der Waals surface area (Å²) in [4.78, 5) is 0. The van der Waals surface area contributed by atoms with Gasteiger partial charge in [0.25, 0.3) is 0 Å². The van der Waals surface area contributed by atoms with Crippen LogP contribution in [0.5, 0.6) is 5.75 Å². The lowest BCUT2D eigenvalue weighted by atomic mass is 10.2. The van der Waals surface area contributed by atoms with E-state index >= 15 is 0 Å². The number of aromatic nitrogens is 5. The SMILES string of the molecule is COc1ccccc1-c1nnc(SCc2nnsc2Cl)n1N. The van der Waals surface area contributed by atoms with Gasteiger partial charge in [-0.2, -0.15) is 0 Å². The first kappa shape index (κ1) is 15.1. The Bertz CT molecular complexity index is 790. The number of methoxy groups -OCH3 is 1. The van der Waals surface area contributed by atoms with E-state index in [-0.39, 0.29) is 0 Å². The molecule has 0 aliphatic heterocycles. The number of halogens is 1. The molecule has 2 aromatic heterocycles. The number of nitrogens with zero attached hydrogens (tertiary/aromatic N) is 5. The molecule has 1 aromatic carbocycles. The molecule has 0 bridgehead atoms. The molecular formula is C12H11ClN6OS2. The fourth-order valence-corrected chi connectivity index (χ4v) is 3.39. The van der Waals surface area contributed by atoms with Crippen LogP contribution in [0.2, 0.25) is 4.34 Å². The van der Waals surface area contributed by atoms with E-state index in [0.29, 0.717) is 32.5 Å². The van der Waals surface area contributed by atoms with Gasteiger partial charge >= 0.3 is 0 Å². The Balaban J connectivity index is 1.84. The molecule has 10 heteroatoms. The van der Waals surface area contributed by atoms with Crippen molar-refractivity contribution in [3.8, 4) is 17.1 Å². The first-order chi connectivity index (χ1) is 10.7. The van der Waals surface area contributed by atoms with Gasteiger partial charge in [0, 0.05) is 17.3 Å². The highest BCUT2D eigenvalue weighted by Gasteiger charge is 2.16. The summed E-state index contributed by atoms with van der Waals surface area (Å²) >= 11 is 8.52. The summed E-state index contributed by atoms with van der Waals surface area (Å²) in [7, 11) is 1.60. The molecule has 0 radical (unpaired) electrons. The van der Waals surface area contributed by atoms with Crippen molar-refractivity contribution < 1.29 is 4.74 Å². The minimum absolute atomic E-state index is 0.524. The molecule has 0 aliphatic rings. The normalized spacial score (nSPS) is 10.8. The minimum Gasteiger partial charge on any atom is -0.496 e. The Morgan fingerprint density at radius 2 is 2.14 bits per heavy atom. The molecule has 0 atom stereocenters. The summed E-state index contributed by atoms with van der Waals surface area (Å²) < 4.78 is 11.1. The number of nitrogen functional groups attached to an aromatic ring is 1. The first-order valence-electron chi connectivity index (χ1n) is 6.14. The van der Waals surface area contributed by atoms with Gasteiger partial charge in [-0.3, -0.25) is 0 Å². The number of ether oxygens (including phenoxy) is 1. The lowest BCUT2D eigenvalue weighted by Crippen LogP contribution is -2.12. The summed E-state index contributed by atoms with van der Waals surface area (Å²) in [5.41, 5.74) is 1.48. The zero-order chi connectivity index (χ0) is 15.5. The maximum Gasteiger partial charge on any atom is 0.210 e. The maximum atomic E-state index is 6.09. The lowest BCUT2D eigenvalue weighted by Gasteiger charge is -2.07. The molecule has 114 valence electrons. The fourth-order valence-electron chi connectivity index (χ4n) is 1.80. The molecule has 2 N–H and O–H groups in total. The molecule has 7 nitrogen and oxygen atoms in total. The number of hydrogen-bond acceptors (Lipinski definition) is 8. The molecule has 22 heavy (non-hydrogen) atoms. The Morgan fingerprint density at radius 3 is 2.86 bits per heavy atom. The summed E-state index contributed by atoms with van der Waals surface area (Å²) in [6.45, 7) is 0. The lowest BCUT2D eigenvalue weighted by molar-refractivity contribution is 0.416. The number of thioether (sulfide) groups is 1. The van der Waals surface area contributed by atoms with E-state index < -0.39 is 0 Å². The van der Waals surface area contributed by atoms with Crippen LogP contribution in [-0.2, 0) is 5.75 Å². The highest BCUT2D eigenvalue weighted by atomic mass is 35.5. The molecule has 0 spiro atoms. The number of hydrogen-bond donors (Lipinski definition) is 1. The molecule has 3 rings (SSSR count). The van der Waals surface area contributed by atoms with Crippen molar-refractivity contribution in [1.82, 2.24) is 24.5 Å². The van der Waals surface area contributed by atoms with Crippen LogP contribution in [-0.4, -0.2) is 31.6 Å². The number of nitrogens with two attached hydrogens (primary N) is 1. The highest BCUT2D eigenvalue weighted by molar-refractivity contribution is 7.98. The van der Waals surface area contributed by atoms with Crippen molar-refractivity contribution in [2.75, 3.05) is 13.0 Å². The Hall–Kier alpha value is -1.84. The molecule has 0 fully saturated rings. The predicted molar refractivity (Wildman–Crippen MR) is 86.6 cm³/mol. The van der Waals surface area contributed by atoms with Crippen LogP contribution in [0.1, 0.15) is 5.69 Å². The predicted octanol–water partition coefficient (Wildman–Crippen LogP) is 2.46. The van der Waals surface area contributed by atoms with Crippen molar-refractivity contribution in [1.29, 1.82) is 0 Å². The van der Waals surface area contributed by atoms with Gasteiger partial charge in [-0.25, -0.2) is 4.68 Å². The van der Waals surface area contributed by atoms with Crippen LogP contribution in [0.25, 0.3) is 11.4 Å². The third kappa shape index (κ3) is 2.87. The summed E-state index contributed by atoms with van der Waals surface area (Å²) in [5.74, 6) is 7.82. The van der Waals surface area contributed by atoms with Gasteiger partial charge in [0.05, 0.1) is 12.7 Å². The number of para-hydroxylation sites is 1. The van der Waals surface area contributed by atoms with Crippen LogP contribution in [0.15, 0.2) is 29.4 Å². The van der Waals surface area contributed by atoms with Crippen LogP contribution < -0.4 is 10.6 Å². The van der Waals surface area contributed by atoms with Gasteiger partial charge < -0.3 is 10.6 Å². The first-order valence-corrected chi connectivity index (χ1v) is 8.27. The second kappa shape index (κ2) is 6.51. The standard InChI is InChI=1S/C12H11ClN6OS2/c1-20-9-5-3-2-4-7(9)11-16-17-12(19(11)14)21-6-8-10(13)22-18-15-8/h2-5H,6,14H2,1H3. The van der Waals surface area contributed by atoms with Gasteiger partial charge in [0.15, 0.2) is 5.82 Å². The van der Waals surface area contributed by atoms with Crippen LogP contribution in [0.4, 0.5) is 0 Å². The Labute approximate surface area is 139 Å². The summed E-state index contributed by atoms with van der Waals surface area (Å²) in [5, 5.41) is 12.8. The molecule has 0 unspecified atom stereocenters. The molecule has 0 saturated carbocycles. The average Bonchev–Trinajstić information content (AvgIpc) is 3.11. The van der Waals surface area contributed by atoms with Gasteiger partial charge in [-0.05, 0) is 12.1 Å². The van der Waals surface area contributed by atoms with Crippen LogP contribution in [0.3, 0.4) is 0 Å². The molecular weight excluding hydrogens is 344 g/mol. The molecule has 2 heterocycles. The second-order valence-electron chi connectivity index (χ2n) is 4.16. The third-order valence-corrected chi connectivity index (χ3v) is 4.80. The van der Waals surface area contributed by atoms with E-state index in [1.807, 2.05) is 24.3 Å². The van der Waals surface area contributed by atoms with Crippen LogP contribution >= 0.6 is 34.9 Å². The zero-order valence-corrected chi connectivity index (χ0v) is 13.8. The fraction of sp³-hybridized carbons (Fsp3) is 0.167. The van der Waals surface area contributed by atoms with Crippen molar-refractivity contribution >= 4 is 34.9 Å². The molecule has 0 saturated heterocycles. The number of rotatable bonds is 5. The zero-order valence-electron chi connectivity index (χ0n) is 11.4. The Morgan fingerprint density at radius 1 is 1.32 bits per heavy atom. The van der Waals surface area contributed by atoms with E-state index in [1.54, 1.807) is 7.11 Å². The minimum atomic E-state index is 0.524. The maximum absolute atomic E-state index is 6.09. The van der Waals surface area contributed by atoms with Gasteiger partial charge in [-0.1, -0.05) is 40.0 Å². The Kier molecular flexibility index (Phi) is 4.46. The number of benzene rings is 1. The van der Waals surface area contributed by atoms with Crippen molar-refractivity contribution in [2.45, 2.75) is 10.9 Å². The monoisotopic (exact) mass is 354 g/mol. The average molecular weight is 355 g/mol. The smallest absolute Gasteiger partial charge is 0.210 e.